The summed E-state index contributed by atoms with van der Waals surface area (Å²) in [4.78, 5) is 7.33. The van der Waals surface area contributed by atoms with Crippen LogP contribution in [0.25, 0.3) is 0 Å². The van der Waals surface area contributed by atoms with Crippen molar-refractivity contribution >= 4 is 0 Å². The number of piperidine rings is 1. The number of nitrogens with zero attached hydrogens (tertiary/aromatic N) is 3. The Morgan fingerprint density at radius 1 is 1.35 bits per heavy atom. The monoisotopic (exact) mass is 277 g/mol. The third-order valence-corrected chi connectivity index (χ3v) is 4.82. The van der Waals surface area contributed by atoms with Gasteiger partial charge in [-0.1, -0.05) is 0 Å². The SMILES string of the molecule is CC(C)N1CCCC(Cc2cn3c(n2)CCCC3O)C1. The Morgan fingerprint density at radius 2 is 2.20 bits per heavy atom. The van der Waals surface area contributed by atoms with Gasteiger partial charge in [0, 0.05) is 25.2 Å². The number of rotatable bonds is 3. The number of hydrogen-bond donors (Lipinski definition) is 1. The van der Waals surface area contributed by atoms with Crippen LogP contribution in [0.5, 0.6) is 0 Å². The fraction of sp³-hybridized carbons (Fsp3) is 0.812. The van der Waals surface area contributed by atoms with Gasteiger partial charge < -0.3 is 14.6 Å². The van der Waals surface area contributed by atoms with Crippen LogP contribution < -0.4 is 0 Å². The second-order valence-corrected chi connectivity index (χ2v) is 6.73. The van der Waals surface area contributed by atoms with E-state index in [1.54, 1.807) is 0 Å². The van der Waals surface area contributed by atoms with Gasteiger partial charge in [-0.25, -0.2) is 4.98 Å². The highest BCUT2D eigenvalue weighted by Gasteiger charge is 2.24. The maximum atomic E-state index is 10.0. The average Bonchev–Trinajstić information content (AvgIpc) is 2.83. The summed E-state index contributed by atoms with van der Waals surface area (Å²) >= 11 is 0. The van der Waals surface area contributed by atoms with Crippen LogP contribution in [0.1, 0.15) is 57.3 Å². The van der Waals surface area contributed by atoms with Crippen LogP contribution in [0.15, 0.2) is 6.20 Å². The number of aliphatic hydroxyl groups excluding tert-OH is 1. The van der Waals surface area contributed by atoms with Crippen LogP contribution >= 0.6 is 0 Å². The van der Waals surface area contributed by atoms with E-state index in [-0.39, 0.29) is 6.23 Å². The minimum atomic E-state index is -0.349. The van der Waals surface area contributed by atoms with Crippen molar-refractivity contribution in [3.05, 3.63) is 17.7 Å². The highest BCUT2D eigenvalue weighted by atomic mass is 16.3. The van der Waals surface area contributed by atoms with Gasteiger partial charge in [0.1, 0.15) is 12.1 Å². The van der Waals surface area contributed by atoms with Gasteiger partial charge in [0.15, 0.2) is 0 Å². The normalized spacial score (nSPS) is 27.8. The minimum Gasteiger partial charge on any atom is -0.373 e. The molecule has 20 heavy (non-hydrogen) atoms. The zero-order valence-electron chi connectivity index (χ0n) is 12.8. The van der Waals surface area contributed by atoms with Gasteiger partial charge in [-0.15, -0.1) is 0 Å². The minimum absolute atomic E-state index is 0.349. The van der Waals surface area contributed by atoms with Crippen molar-refractivity contribution < 1.29 is 5.11 Å². The average molecular weight is 277 g/mol. The molecule has 3 heterocycles. The molecule has 0 radical (unpaired) electrons. The molecule has 2 aliphatic heterocycles. The van der Waals surface area contributed by atoms with Gasteiger partial charge in [0.05, 0.1) is 5.69 Å². The number of fused-ring (bicyclic) bond motifs is 1. The lowest BCUT2D eigenvalue weighted by molar-refractivity contribution is 0.0780. The molecule has 2 unspecified atom stereocenters. The molecule has 0 aromatic carbocycles. The van der Waals surface area contributed by atoms with Gasteiger partial charge in [-0.3, -0.25) is 0 Å². The zero-order chi connectivity index (χ0) is 14.1. The molecule has 1 aromatic rings. The summed E-state index contributed by atoms with van der Waals surface area (Å²) in [6.45, 7) is 7.01. The van der Waals surface area contributed by atoms with Crippen molar-refractivity contribution in [2.45, 2.75) is 64.6 Å². The Kier molecular flexibility index (Phi) is 4.13. The van der Waals surface area contributed by atoms with Crippen molar-refractivity contribution in [3.8, 4) is 0 Å². The molecule has 0 spiro atoms. The Hall–Kier alpha value is -0.870. The molecule has 2 atom stereocenters. The maximum absolute atomic E-state index is 10.0. The lowest BCUT2D eigenvalue weighted by Gasteiger charge is -2.35. The molecule has 1 saturated heterocycles. The first-order valence-corrected chi connectivity index (χ1v) is 8.12. The number of likely N-dealkylation sites (tertiary alicyclic amines) is 1. The number of aryl methyl sites for hydroxylation is 1. The largest absolute Gasteiger partial charge is 0.373 e. The topological polar surface area (TPSA) is 41.3 Å². The van der Waals surface area contributed by atoms with Crippen molar-refractivity contribution in [1.82, 2.24) is 14.5 Å². The molecule has 0 bridgehead atoms. The molecule has 1 aromatic heterocycles. The molecular weight excluding hydrogens is 250 g/mol. The first-order chi connectivity index (χ1) is 9.63. The van der Waals surface area contributed by atoms with Crippen LogP contribution in [-0.4, -0.2) is 38.7 Å². The fourth-order valence-corrected chi connectivity index (χ4v) is 3.64. The van der Waals surface area contributed by atoms with Gasteiger partial charge in [-0.2, -0.15) is 0 Å². The van der Waals surface area contributed by atoms with Gasteiger partial charge >= 0.3 is 0 Å². The summed E-state index contributed by atoms with van der Waals surface area (Å²) in [6, 6.07) is 0.648. The second kappa shape index (κ2) is 5.86. The van der Waals surface area contributed by atoms with E-state index in [1.807, 2.05) is 4.57 Å². The maximum Gasteiger partial charge on any atom is 0.131 e. The molecule has 1 N–H and O–H groups in total. The molecule has 0 aliphatic carbocycles. The van der Waals surface area contributed by atoms with Crippen molar-refractivity contribution in [3.63, 3.8) is 0 Å². The van der Waals surface area contributed by atoms with E-state index in [9.17, 15) is 5.11 Å². The molecule has 2 aliphatic rings. The number of hydrogen-bond acceptors (Lipinski definition) is 3. The van der Waals surface area contributed by atoms with Crippen LogP contribution in [0, 0.1) is 5.92 Å². The van der Waals surface area contributed by atoms with E-state index in [4.69, 9.17) is 4.98 Å². The highest BCUT2D eigenvalue weighted by Crippen LogP contribution is 2.26. The predicted octanol–water partition coefficient (Wildman–Crippen LogP) is 2.37. The lowest BCUT2D eigenvalue weighted by atomic mass is 9.93. The third kappa shape index (κ3) is 2.91. The number of aliphatic hydroxyl groups is 1. The standard InChI is InChI=1S/C16H27N3O/c1-12(2)18-8-4-5-13(10-18)9-14-11-19-15(17-14)6-3-7-16(19)20/h11-13,16,20H,3-10H2,1-2H3. The smallest absolute Gasteiger partial charge is 0.131 e. The van der Waals surface area contributed by atoms with E-state index in [1.165, 1.54) is 31.6 Å². The summed E-state index contributed by atoms with van der Waals surface area (Å²) in [6.07, 6.45) is 8.37. The lowest BCUT2D eigenvalue weighted by Crippen LogP contribution is -2.40. The number of imidazole rings is 1. The molecule has 4 nitrogen and oxygen atoms in total. The Bertz CT molecular complexity index is 455. The summed E-state index contributed by atoms with van der Waals surface area (Å²) in [5.41, 5.74) is 1.18. The first-order valence-electron chi connectivity index (χ1n) is 8.12. The Morgan fingerprint density at radius 3 is 2.95 bits per heavy atom. The van der Waals surface area contributed by atoms with Gasteiger partial charge in [-0.05, 0) is 58.4 Å². The van der Waals surface area contributed by atoms with E-state index in [0.717, 1.165) is 37.4 Å². The van der Waals surface area contributed by atoms with Crippen LogP contribution in [-0.2, 0) is 12.8 Å². The molecule has 3 rings (SSSR count). The summed E-state index contributed by atoms with van der Waals surface area (Å²) in [5.74, 6) is 1.80. The van der Waals surface area contributed by atoms with Crippen molar-refractivity contribution in [2.75, 3.05) is 13.1 Å². The van der Waals surface area contributed by atoms with Crippen LogP contribution in [0.3, 0.4) is 0 Å². The Balaban J connectivity index is 1.66. The summed E-state index contributed by atoms with van der Waals surface area (Å²) in [7, 11) is 0. The van der Waals surface area contributed by atoms with Gasteiger partial charge in [0.25, 0.3) is 0 Å². The van der Waals surface area contributed by atoms with Crippen LogP contribution in [0.2, 0.25) is 0 Å². The molecule has 112 valence electrons. The van der Waals surface area contributed by atoms with Crippen molar-refractivity contribution in [1.29, 1.82) is 0 Å². The molecular formula is C16H27N3O. The molecule has 0 saturated carbocycles. The number of aromatic nitrogens is 2. The van der Waals surface area contributed by atoms with Crippen LogP contribution in [0.4, 0.5) is 0 Å². The first kappa shape index (κ1) is 14.1. The second-order valence-electron chi connectivity index (χ2n) is 6.73. The molecule has 4 heteroatoms. The summed E-state index contributed by atoms with van der Waals surface area (Å²) in [5, 5.41) is 10.0. The fourth-order valence-electron chi connectivity index (χ4n) is 3.64. The van der Waals surface area contributed by atoms with E-state index in [2.05, 4.69) is 24.9 Å². The van der Waals surface area contributed by atoms with E-state index in [0.29, 0.717) is 6.04 Å². The molecule has 1 fully saturated rings. The Labute approximate surface area is 121 Å². The zero-order valence-corrected chi connectivity index (χ0v) is 12.8. The molecule has 0 amide bonds. The predicted molar refractivity (Wildman–Crippen MR) is 79.6 cm³/mol. The summed E-state index contributed by atoms with van der Waals surface area (Å²) < 4.78 is 1.99. The van der Waals surface area contributed by atoms with Crippen molar-refractivity contribution in [2.24, 2.45) is 5.92 Å². The van der Waals surface area contributed by atoms with E-state index < -0.39 is 0 Å². The van der Waals surface area contributed by atoms with E-state index >= 15 is 0 Å². The third-order valence-electron chi connectivity index (χ3n) is 4.82. The quantitative estimate of drug-likeness (QED) is 0.922. The van der Waals surface area contributed by atoms with Gasteiger partial charge in [0.2, 0.25) is 0 Å². The highest BCUT2D eigenvalue weighted by molar-refractivity contribution is 5.08.